The lowest BCUT2D eigenvalue weighted by Gasteiger charge is -2.09. The highest BCUT2D eigenvalue weighted by atomic mass is 32.1. The van der Waals surface area contributed by atoms with Gasteiger partial charge in [0.05, 0.1) is 0 Å². The molecule has 0 aliphatic heterocycles. The summed E-state index contributed by atoms with van der Waals surface area (Å²) in [6, 6.07) is 8.80. The zero-order chi connectivity index (χ0) is 10.4. The number of rotatable bonds is 2. The van der Waals surface area contributed by atoms with Crippen molar-refractivity contribution in [2.75, 3.05) is 0 Å². The molecule has 0 spiro atoms. The highest BCUT2D eigenvalue weighted by molar-refractivity contribution is 7.17. The topological polar surface area (TPSA) is 26.0 Å². The monoisotopic (exact) mass is 217 g/mol. The summed E-state index contributed by atoms with van der Waals surface area (Å²) < 4.78 is 1.36. The average Bonchev–Trinajstić information content (AvgIpc) is 2.83. The molecule has 1 heterocycles. The molecule has 78 valence electrons. The quantitative estimate of drug-likeness (QED) is 0.818. The molecule has 1 fully saturated rings. The van der Waals surface area contributed by atoms with Crippen LogP contribution in [0.15, 0.2) is 29.6 Å². The summed E-state index contributed by atoms with van der Waals surface area (Å²) in [7, 11) is 0. The zero-order valence-corrected chi connectivity index (χ0v) is 9.63. The summed E-state index contributed by atoms with van der Waals surface area (Å²) in [5.41, 5.74) is 7.66. The summed E-state index contributed by atoms with van der Waals surface area (Å²) >= 11 is 1.81. The smallest absolute Gasteiger partial charge is 0.0346 e. The second kappa shape index (κ2) is 3.32. The maximum atomic E-state index is 6.31. The van der Waals surface area contributed by atoms with E-state index in [-0.39, 0.29) is 6.04 Å². The van der Waals surface area contributed by atoms with E-state index in [1.807, 2.05) is 11.3 Å². The number of benzene rings is 1. The van der Waals surface area contributed by atoms with E-state index in [1.54, 1.807) is 0 Å². The first-order chi connectivity index (χ1) is 7.27. The summed E-state index contributed by atoms with van der Waals surface area (Å²) in [4.78, 5) is 0. The van der Waals surface area contributed by atoms with Gasteiger partial charge in [-0.1, -0.05) is 25.1 Å². The molecule has 1 aliphatic carbocycles. The molecule has 2 aromatic rings. The van der Waals surface area contributed by atoms with Crippen LogP contribution in [0.2, 0.25) is 0 Å². The average molecular weight is 217 g/mol. The Bertz CT molecular complexity index is 488. The molecule has 2 heteroatoms. The summed E-state index contributed by atoms with van der Waals surface area (Å²) in [5, 5.41) is 3.59. The molecule has 1 aliphatic rings. The van der Waals surface area contributed by atoms with Crippen LogP contribution in [0.5, 0.6) is 0 Å². The number of fused-ring (bicyclic) bond motifs is 1. The molecular formula is C13H15NS. The molecule has 3 unspecified atom stereocenters. The Morgan fingerprint density at radius 2 is 2.13 bits per heavy atom. The van der Waals surface area contributed by atoms with Crippen LogP contribution in [-0.4, -0.2) is 0 Å². The first kappa shape index (κ1) is 9.37. The van der Waals surface area contributed by atoms with Gasteiger partial charge in [-0.05, 0) is 40.7 Å². The Kier molecular flexibility index (Phi) is 2.08. The summed E-state index contributed by atoms with van der Waals surface area (Å²) in [5.74, 6) is 1.53. The maximum Gasteiger partial charge on any atom is 0.0346 e. The predicted octanol–water partition coefficient (Wildman–Crippen LogP) is 3.56. The van der Waals surface area contributed by atoms with Gasteiger partial charge < -0.3 is 5.73 Å². The van der Waals surface area contributed by atoms with E-state index in [9.17, 15) is 0 Å². The Balaban J connectivity index is 2.03. The minimum Gasteiger partial charge on any atom is -0.324 e. The Morgan fingerprint density at radius 1 is 1.40 bits per heavy atom. The standard InChI is InChI=1S/C13H15NS/c1-8-6-10(8)13(14)11-7-15-12-5-3-2-4-9(11)12/h2-5,7-8,10,13H,6,14H2,1H3. The lowest BCUT2D eigenvalue weighted by atomic mass is 10.0. The van der Waals surface area contributed by atoms with Gasteiger partial charge in [0.2, 0.25) is 0 Å². The maximum absolute atomic E-state index is 6.31. The van der Waals surface area contributed by atoms with Gasteiger partial charge in [0.25, 0.3) is 0 Å². The van der Waals surface area contributed by atoms with Crippen LogP contribution < -0.4 is 5.73 Å². The van der Waals surface area contributed by atoms with Crippen molar-refractivity contribution in [3.63, 3.8) is 0 Å². The molecule has 1 aromatic heterocycles. The second-order valence-corrected chi connectivity index (χ2v) is 5.50. The molecule has 0 radical (unpaired) electrons. The molecule has 2 N–H and O–H groups in total. The molecule has 1 saturated carbocycles. The summed E-state index contributed by atoms with van der Waals surface area (Å²) in [6.07, 6.45) is 1.30. The van der Waals surface area contributed by atoms with Crippen molar-refractivity contribution in [1.29, 1.82) is 0 Å². The van der Waals surface area contributed by atoms with Gasteiger partial charge in [0, 0.05) is 10.7 Å². The van der Waals surface area contributed by atoms with Crippen LogP contribution in [0.4, 0.5) is 0 Å². The van der Waals surface area contributed by atoms with Gasteiger partial charge in [-0.3, -0.25) is 0 Å². The van der Waals surface area contributed by atoms with Crippen LogP contribution in [0, 0.1) is 11.8 Å². The molecule has 1 nitrogen and oxygen atoms in total. The molecule has 3 atom stereocenters. The first-order valence-electron chi connectivity index (χ1n) is 5.49. The van der Waals surface area contributed by atoms with E-state index in [4.69, 9.17) is 5.73 Å². The highest BCUT2D eigenvalue weighted by Gasteiger charge is 2.38. The molecule has 0 bridgehead atoms. The van der Waals surface area contributed by atoms with E-state index in [0.717, 1.165) is 5.92 Å². The van der Waals surface area contributed by atoms with Crippen LogP contribution >= 0.6 is 11.3 Å². The van der Waals surface area contributed by atoms with Crippen molar-refractivity contribution < 1.29 is 0 Å². The van der Waals surface area contributed by atoms with Crippen molar-refractivity contribution in [3.05, 3.63) is 35.2 Å². The lowest BCUT2D eigenvalue weighted by molar-refractivity contribution is 0.598. The normalized spacial score (nSPS) is 26.8. The molecule has 1 aromatic carbocycles. The van der Waals surface area contributed by atoms with Crippen molar-refractivity contribution in [2.45, 2.75) is 19.4 Å². The minimum atomic E-state index is 0.246. The van der Waals surface area contributed by atoms with Crippen molar-refractivity contribution in [2.24, 2.45) is 17.6 Å². The lowest BCUT2D eigenvalue weighted by Crippen LogP contribution is -2.12. The third kappa shape index (κ3) is 1.48. The van der Waals surface area contributed by atoms with E-state index in [0.29, 0.717) is 5.92 Å². The van der Waals surface area contributed by atoms with Crippen molar-refractivity contribution in [3.8, 4) is 0 Å². The number of nitrogens with two attached hydrogens (primary N) is 1. The fourth-order valence-corrected chi connectivity index (χ4v) is 3.35. The molecule has 15 heavy (non-hydrogen) atoms. The predicted molar refractivity (Wildman–Crippen MR) is 66.0 cm³/mol. The number of hydrogen-bond donors (Lipinski definition) is 1. The molecule has 0 saturated heterocycles. The van der Waals surface area contributed by atoms with Gasteiger partial charge in [0.15, 0.2) is 0 Å². The number of thiophene rings is 1. The minimum absolute atomic E-state index is 0.246. The molecule has 3 rings (SSSR count). The van der Waals surface area contributed by atoms with Crippen molar-refractivity contribution >= 4 is 21.4 Å². The highest BCUT2D eigenvalue weighted by Crippen LogP contribution is 2.47. The van der Waals surface area contributed by atoms with Gasteiger partial charge in [-0.25, -0.2) is 0 Å². The van der Waals surface area contributed by atoms with E-state index in [2.05, 4.69) is 36.6 Å². The van der Waals surface area contributed by atoms with Gasteiger partial charge in [-0.2, -0.15) is 0 Å². The zero-order valence-electron chi connectivity index (χ0n) is 8.81. The second-order valence-electron chi connectivity index (χ2n) is 4.59. The fourth-order valence-electron chi connectivity index (χ4n) is 2.34. The number of hydrogen-bond acceptors (Lipinski definition) is 2. The van der Waals surface area contributed by atoms with Crippen LogP contribution in [0.25, 0.3) is 10.1 Å². The van der Waals surface area contributed by atoms with E-state index < -0.39 is 0 Å². The molecular weight excluding hydrogens is 202 g/mol. The Hall–Kier alpha value is -0.860. The van der Waals surface area contributed by atoms with E-state index >= 15 is 0 Å². The first-order valence-corrected chi connectivity index (χ1v) is 6.37. The SMILES string of the molecule is CC1CC1C(N)c1csc2ccccc12. The van der Waals surface area contributed by atoms with Gasteiger partial charge in [-0.15, -0.1) is 11.3 Å². The van der Waals surface area contributed by atoms with Crippen LogP contribution in [0.1, 0.15) is 24.9 Å². The third-order valence-electron chi connectivity index (χ3n) is 3.50. The van der Waals surface area contributed by atoms with Crippen LogP contribution in [0.3, 0.4) is 0 Å². The Labute approximate surface area is 93.9 Å². The van der Waals surface area contributed by atoms with Gasteiger partial charge in [0.1, 0.15) is 0 Å². The van der Waals surface area contributed by atoms with Crippen LogP contribution in [-0.2, 0) is 0 Å². The molecule has 0 amide bonds. The third-order valence-corrected chi connectivity index (χ3v) is 4.48. The summed E-state index contributed by atoms with van der Waals surface area (Å²) in [6.45, 7) is 2.29. The van der Waals surface area contributed by atoms with Gasteiger partial charge >= 0.3 is 0 Å². The van der Waals surface area contributed by atoms with E-state index in [1.165, 1.54) is 22.1 Å². The Morgan fingerprint density at radius 3 is 2.87 bits per heavy atom. The largest absolute Gasteiger partial charge is 0.324 e. The van der Waals surface area contributed by atoms with Crippen molar-refractivity contribution in [1.82, 2.24) is 0 Å². The fraction of sp³-hybridized carbons (Fsp3) is 0.385.